The van der Waals surface area contributed by atoms with Crippen molar-refractivity contribution in [3.8, 4) is 0 Å². The lowest BCUT2D eigenvalue weighted by molar-refractivity contribution is -0.134. The highest BCUT2D eigenvalue weighted by Gasteiger charge is 2.25. The van der Waals surface area contributed by atoms with Crippen molar-refractivity contribution < 1.29 is 4.79 Å². The van der Waals surface area contributed by atoms with Crippen LogP contribution < -0.4 is 0 Å². The molecule has 2 fully saturated rings. The minimum absolute atomic E-state index is 0.303. The zero-order valence-electron chi connectivity index (χ0n) is 15.8. The van der Waals surface area contributed by atoms with Crippen LogP contribution >= 0.6 is 22.7 Å². The molecule has 2 saturated heterocycles. The maximum absolute atomic E-state index is 12.7. The Morgan fingerprint density at radius 3 is 1.70 bits per heavy atom. The monoisotopic (exact) mass is 404 g/mol. The van der Waals surface area contributed by atoms with Crippen LogP contribution in [-0.4, -0.2) is 84.4 Å². The first-order chi connectivity index (χ1) is 13.3. The van der Waals surface area contributed by atoms with Crippen LogP contribution in [0, 0.1) is 0 Å². The number of rotatable bonds is 6. The quantitative estimate of drug-likeness (QED) is 0.739. The number of nitrogens with zero attached hydrogens (tertiary/aromatic N) is 4. The molecule has 0 saturated carbocycles. The molecule has 0 unspecified atom stereocenters. The van der Waals surface area contributed by atoms with Crippen molar-refractivity contribution >= 4 is 28.6 Å². The van der Waals surface area contributed by atoms with Crippen LogP contribution in [0.25, 0.3) is 0 Å². The van der Waals surface area contributed by atoms with Crippen LogP contribution in [0.5, 0.6) is 0 Å². The van der Waals surface area contributed by atoms with Gasteiger partial charge in [-0.3, -0.25) is 19.5 Å². The van der Waals surface area contributed by atoms with Crippen molar-refractivity contribution in [2.75, 3.05) is 58.9 Å². The average Bonchev–Trinajstić information content (AvgIpc) is 3.38. The van der Waals surface area contributed by atoms with Crippen molar-refractivity contribution in [2.45, 2.75) is 13.1 Å². The Hall–Kier alpha value is -1.25. The molecule has 146 valence electrons. The molecule has 2 aliphatic rings. The van der Waals surface area contributed by atoms with Crippen LogP contribution in [0.15, 0.2) is 35.0 Å². The fourth-order valence-corrected chi connectivity index (χ4v) is 5.29. The van der Waals surface area contributed by atoms with Gasteiger partial charge in [-0.05, 0) is 22.9 Å². The second-order valence-corrected chi connectivity index (χ2v) is 9.43. The van der Waals surface area contributed by atoms with Crippen molar-refractivity contribution in [3.05, 3.63) is 44.8 Å². The van der Waals surface area contributed by atoms with Gasteiger partial charge in [0.15, 0.2) is 0 Å². The van der Waals surface area contributed by atoms with Crippen molar-refractivity contribution in [1.82, 2.24) is 19.6 Å². The Balaban J connectivity index is 1.16. The van der Waals surface area contributed by atoms with Gasteiger partial charge >= 0.3 is 0 Å². The summed E-state index contributed by atoms with van der Waals surface area (Å²) in [6.07, 6.45) is 0. The minimum atomic E-state index is 0.303. The van der Waals surface area contributed by atoms with Gasteiger partial charge in [0.05, 0.1) is 6.54 Å². The fraction of sp³-hybridized carbons (Fsp3) is 0.550. The van der Waals surface area contributed by atoms with E-state index in [0.29, 0.717) is 12.5 Å². The first-order valence-electron chi connectivity index (χ1n) is 9.76. The van der Waals surface area contributed by atoms with Gasteiger partial charge in [0.1, 0.15) is 0 Å². The molecule has 0 N–H and O–H groups in total. The molecule has 27 heavy (non-hydrogen) atoms. The minimum Gasteiger partial charge on any atom is -0.339 e. The van der Waals surface area contributed by atoms with E-state index >= 15 is 0 Å². The van der Waals surface area contributed by atoms with Gasteiger partial charge in [0.2, 0.25) is 5.91 Å². The fourth-order valence-electron chi connectivity index (χ4n) is 3.80. The Morgan fingerprint density at radius 2 is 1.22 bits per heavy atom. The SMILES string of the molecule is O=C(CN1CCN(Cc2cccs2)CC1)N1CCN(Cc2cccs2)CC1. The lowest BCUT2D eigenvalue weighted by atomic mass is 10.2. The molecule has 7 heteroatoms. The summed E-state index contributed by atoms with van der Waals surface area (Å²) in [6.45, 7) is 10.4. The number of carbonyl (C=O) groups excluding carboxylic acids is 1. The summed E-state index contributed by atoms with van der Waals surface area (Å²) in [5.41, 5.74) is 0. The lowest BCUT2D eigenvalue weighted by Crippen LogP contribution is -2.53. The van der Waals surface area contributed by atoms with E-state index in [-0.39, 0.29) is 0 Å². The molecule has 0 spiro atoms. The van der Waals surface area contributed by atoms with Crippen LogP contribution in [0.1, 0.15) is 9.75 Å². The summed E-state index contributed by atoms with van der Waals surface area (Å²) in [4.78, 5) is 24.9. The Morgan fingerprint density at radius 1 is 0.741 bits per heavy atom. The molecule has 0 bridgehead atoms. The van der Waals surface area contributed by atoms with E-state index in [1.807, 2.05) is 22.7 Å². The number of amides is 1. The molecule has 1 amide bonds. The molecule has 0 atom stereocenters. The van der Waals surface area contributed by atoms with Gasteiger partial charge in [0.25, 0.3) is 0 Å². The van der Waals surface area contributed by atoms with Gasteiger partial charge in [-0.1, -0.05) is 12.1 Å². The molecular weight excluding hydrogens is 376 g/mol. The van der Waals surface area contributed by atoms with E-state index in [1.165, 1.54) is 9.75 Å². The highest BCUT2D eigenvalue weighted by Crippen LogP contribution is 2.15. The predicted octanol–water partition coefficient (Wildman–Crippen LogP) is 2.27. The van der Waals surface area contributed by atoms with E-state index in [0.717, 1.165) is 65.4 Å². The predicted molar refractivity (Wildman–Crippen MR) is 112 cm³/mol. The molecule has 2 aromatic heterocycles. The first kappa shape index (κ1) is 19.1. The molecule has 5 nitrogen and oxygen atoms in total. The van der Waals surface area contributed by atoms with E-state index in [2.05, 4.69) is 54.6 Å². The number of piperazine rings is 2. The zero-order valence-corrected chi connectivity index (χ0v) is 17.4. The van der Waals surface area contributed by atoms with Crippen molar-refractivity contribution in [1.29, 1.82) is 0 Å². The third-order valence-corrected chi connectivity index (χ3v) is 7.19. The molecule has 0 aromatic carbocycles. The van der Waals surface area contributed by atoms with Crippen molar-refractivity contribution in [3.63, 3.8) is 0 Å². The molecule has 0 radical (unpaired) electrons. The lowest BCUT2D eigenvalue weighted by Gasteiger charge is -2.37. The van der Waals surface area contributed by atoms with Gasteiger partial charge in [0, 0.05) is 75.2 Å². The van der Waals surface area contributed by atoms with Crippen LogP contribution in [0.3, 0.4) is 0 Å². The maximum atomic E-state index is 12.7. The molecule has 2 aromatic rings. The molecule has 4 heterocycles. The number of hydrogen-bond acceptors (Lipinski definition) is 6. The summed E-state index contributed by atoms with van der Waals surface area (Å²) in [7, 11) is 0. The van der Waals surface area contributed by atoms with E-state index < -0.39 is 0 Å². The number of thiophene rings is 2. The molecule has 0 aliphatic carbocycles. The standard InChI is InChI=1S/C20H28N4OS2/c25-20(24-11-9-22(10-12-24)16-19-4-2-14-27-19)17-23-7-5-21(6-8-23)15-18-3-1-13-26-18/h1-4,13-14H,5-12,15-17H2. The first-order valence-corrected chi connectivity index (χ1v) is 11.5. The molecule has 2 aliphatic heterocycles. The van der Waals surface area contributed by atoms with Crippen LogP contribution in [-0.2, 0) is 17.9 Å². The maximum Gasteiger partial charge on any atom is 0.236 e. The van der Waals surface area contributed by atoms with Gasteiger partial charge in [-0.2, -0.15) is 0 Å². The summed E-state index contributed by atoms with van der Waals surface area (Å²) >= 11 is 3.64. The highest BCUT2D eigenvalue weighted by atomic mass is 32.1. The third kappa shape index (κ3) is 5.39. The smallest absolute Gasteiger partial charge is 0.236 e. The largest absolute Gasteiger partial charge is 0.339 e. The summed E-state index contributed by atoms with van der Waals surface area (Å²) in [5.74, 6) is 0.303. The average molecular weight is 405 g/mol. The summed E-state index contributed by atoms with van der Waals surface area (Å²) in [6, 6.07) is 8.63. The van der Waals surface area contributed by atoms with Crippen LogP contribution in [0.4, 0.5) is 0 Å². The summed E-state index contributed by atoms with van der Waals surface area (Å²) < 4.78 is 0. The van der Waals surface area contributed by atoms with E-state index in [1.54, 1.807) is 0 Å². The molecule has 4 rings (SSSR count). The summed E-state index contributed by atoms with van der Waals surface area (Å²) in [5, 5.41) is 4.28. The normalized spacial score (nSPS) is 20.2. The highest BCUT2D eigenvalue weighted by molar-refractivity contribution is 7.10. The zero-order chi connectivity index (χ0) is 18.5. The third-order valence-electron chi connectivity index (χ3n) is 5.47. The Kier molecular flexibility index (Phi) is 6.57. The van der Waals surface area contributed by atoms with Gasteiger partial charge in [-0.15, -0.1) is 22.7 Å². The molecular formula is C20H28N4OS2. The Labute approximate surface area is 169 Å². The van der Waals surface area contributed by atoms with Gasteiger partial charge < -0.3 is 4.90 Å². The van der Waals surface area contributed by atoms with Gasteiger partial charge in [-0.25, -0.2) is 0 Å². The van der Waals surface area contributed by atoms with E-state index in [9.17, 15) is 4.79 Å². The van der Waals surface area contributed by atoms with Crippen molar-refractivity contribution in [2.24, 2.45) is 0 Å². The second-order valence-electron chi connectivity index (χ2n) is 7.37. The number of carbonyl (C=O) groups is 1. The number of hydrogen-bond donors (Lipinski definition) is 0. The van der Waals surface area contributed by atoms with E-state index in [4.69, 9.17) is 0 Å². The Bertz CT molecular complexity index is 688. The second kappa shape index (κ2) is 9.30. The topological polar surface area (TPSA) is 30.0 Å². The van der Waals surface area contributed by atoms with Crippen LogP contribution in [0.2, 0.25) is 0 Å².